The number of hydrogen-bond acceptors (Lipinski definition) is 3. The van der Waals surface area contributed by atoms with Gasteiger partial charge in [0.25, 0.3) is 5.91 Å². The smallest absolute Gasteiger partial charge is 0.252 e. The standard InChI is InChI=1S/C17H18ClN3O2/c18-12-4-1-3-11(9-12)16-13-10-21(7-6-14(13)19-20-16)17(22)15-5-2-8-23-15/h1,3-4,9,15H,2,5-8,10H2,(H,19,20). The molecule has 1 amide bonds. The number of carbonyl (C=O) groups excluding carboxylic acids is 1. The number of nitrogens with one attached hydrogen (secondary N) is 1. The number of ether oxygens (including phenoxy) is 1. The Balaban J connectivity index is 1.61. The molecule has 23 heavy (non-hydrogen) atoms. The molecule has 2 aliphatic heterocycles. The van der Waals surface area contributed by atoms with Gasteiger partial charge in [0.15, 0.2) is 0 Å². The Morgan fingerprint density at radius 3 is 3.13 bits per heavy atom. The zero-order valence-electron chi connectivity index (χ0n) is 12.7. The average molecular weight is 332 g/mol. The zero-order valence-corrected chi connectivity index (χ0v) is 13.5. The molecule has 2 aliphatic rings. The Morgan fingerprint density at radius 2 is 2.35 bits per heavy atom. The SMILES string of the molecule is O=C(C1CCCO1)N1CCc2[nH]nc(-c3cccc(Cl)c3)c2C1. The van der Waals surface area contributed by atoms with Crippen molar-refractivity contribution in [3.8, 4) is 11.3 Å². The summed E-state index contributed by atoms with van der Waals surface area (Å²) in [5, 5.41) is 8.24. The summed E-state index contributed by atoms with van der Waals surface area (Å²) in [7, 11) is 0. The molecule has 0 saturated carbocycles. The van der Waals surface area contributed by atoms with Gasteiger partial charge in [0.05, 0.1) is 5.69 Å². The molecule has 0 spiro atoms. The Kier molecular flexibility index (Phi) is 3.83. The summed E-state index contributed by atoms with van der Waals surface area (Å²) in [6, 6.07) is 7.65. The quantitative estimate of drug-likeness (QED) is 0.920. The molecule has 1 saturated heterocycles. The van der Waals surface area contributed by atoms with Crippen molar-refractivity contribution >= 4 is 17.5 Å². The van der Waals surface area contributed by atoms with E-state index in [9.17, 15) is 4.79 Å². The van der Waals surface area contributed by atoms with Crippen molar-refractivity contribution in [3.63, 3.8) is 0 Å². The number of amides is 1. The lowest BCUT2D eigenvalue weighted by atomic mass is 10.0. The highest BCUT2D eigenvalue weighted by molar-refractivity contribution is 6.30. The van der Waals surface area contributed by atoms with E-state index < -0.39 is 0 Å². The molecular weight excluding hydrogens is 314 g/mol. The van der Waals surface area contributed by atoms with E-state index in [0.717, 1.165) is 41.8 Å². The summed E-state index contributed by atoms with van der Waals surface area (Å²) in [5.41, 5.74) is 4.05. The van der Waals surface area contributed by atoms with Crippen LogP contribution >= 0.6 is 11.6 Å². The molecule has 1 atom stereocenters. The summed E-state index contributed by atoms with van der Waals surface area (Å²) < 4.78 is 5.54. The van der Waals surface area contributed by atoms with Crippen LogP contribution < -0.4 is 0 Å². The number of nitrogens with zero attached hydrogens (tertiary/aromatic N) is 2. The highest BCUT2D eigenvalue weighted by Crippen LogP contribution is 2.30. The fourth-order valence-corrected chi connectivity index (χ4v) is 3.52. The van der Waals surface area contributed by atoms with Gasteiger partial charge in [-0.1, -0.05) is 23.7 Å². The molecule has 0 bridgehead atoms. The second-order valence-corrected chi connectivity index (χ2v) is 6.49. The number of aromatic nitrogens is 2. The Labute approximate surface area is 139 Å². The molecule has 0 radical (unpaired) electrons. The molecule has 1 N–H and O–H groups in total. The van der Waals surface area contributed by atoms with Crippen LogP contribution in [0.2, 0.25) is 5.02 Å². The Hall–Kier alpha value is -1.85. The summed E-state index contributed by atoms with van der Waals surface area (Å²) in [4.78, 5) is 14.5. The fraction of sp³-hybridized carbons (Fsp3) is 0.412. The van der Waals surface area contributed by atoms with Crippen LogP contribution in [0, 0.1) is 0 Å². The number of carbonyl (C=O) groups is 1. The van der Waals surface area contributed by atoms with E-state index in [1.165, 1.54) is 0 Å². The third-order valence-corrected chi connectivity index (χ3v) is 4.78. The maximum Gasteiger partial charge on any atom is 0.252 e. The summed E-state index contributed by atoms with van der Waals surface area (Å²) in [5.74, 6) is 0.103. The molecule has 4 rings (SSSR count). The van der Waals surface area contributed by atoms with Crippen molar-refractivity contribution < 1.29 is 9.53 Å². The van der Waals surface area contributed by atoms with Gasteiger partial charge in [-0.3, -0.25) is 9.89 Å². The van der Waals surface area contributed by atoms with Gasteiger partial charge in [0, 0.05) is 48.0 Å². The number of halogens is 1. The predicted octanol–water partition coefficient (Wildman–Crippen LogP) is 2.79. The number of rotatable bonds is 2. The minimum atomic E-state index is -0.266. The van der Waals surface area contributed by atoms with Gasteiger partial charge in [-0.05, 0) is 25.0 Å². The topological polar surface area (TPSA) is 58.2 Å². The van der Waals surface area contributed by atoms with Crippen molar-refractivity contribution in [2.45, 2.75) is 31.9 Å². The number of benzene rings is 1. The van der Waals surface area contributed by atoms with E-state index >= 15 is 0 Å². The van der Waals surface area contributed by atoms with Gasteiger partial charge in [-0.25, -0.2) is 0 Å². The van der Waals surface area contributed by atoms with Gasteiger partial charge >= 0.3 is 0 Å². The summed E-state index contributed by atoms with van der Waals surface area (Å²) in [6.45, 7) is 1.98. The number of H-pyrrole nitrogens is 1. The lowest BCUT2D eigenvalue weighted by Gasteiger charge is -2.29. The van der Waals surface area contributed by atoms with Crippen molar-refractivity contribution in [1.29, 1.82) is 0 Å². The molecular formula is C17H18ClN3O2. The van der Waals surface area contributed by atoms with Crippen LogP contribution in [-0.2, 0) is 22.5 Å². The van der Waals surface area contributed by atoms with Crippen LogP contribution in [-0.4, -0.2) is 40.3 Å². The number of fused-ring (bicyclic) bond motifs is 1. The summed E-state index contributed by atoms with van der Waals surface area (Å²) in [6.07, 6.45) is 2.32. The van der Waals surface area contributed by atoms with Crippen LogP contribution in [0.25, 0.3) is 11.3 Å². The Morgan fingerprint density at radius 1 is 1.43 bits per heavy atom. The van der Waals surface area contributed by atoms with Gasteiger partial charge in [-0.2, -0.15) is 5.10 Å². The monoisotopic (exact) mass is 331 g/mol. The first kappa shape index (κ1) is 14.7. The van der Waals surface area contributed by atoms with Gasteiger partial charge in [0.2, 0.25) is 0 Å². The normalized spacial score (nSPS) is 20.6. The third-order valence-electron chi connectivity index (χ3n) is 4.55. The van der Waals surface area contributed by atoms with E-state index in [0.29, 0.717) is 24.7 Å². The van der Waals surface area contributed by atoms with E-state index in [1.54, 1.807) is 0 Å². The van der Waals surface area contributed by atoms with Crippen LogP contribution in [0.4, 0.5) is 0 Å². The van der Waals surface area contributed by atoms with Crippen molar-refractivity contribution in [1.82, 2.24) is 15.1 Å². The van der Waals surface area contributed by atoms with Gasteiger partial charge < -0.3 is 9.64 Å². The largest absolute Gasteiger partial charge is 0.368 e. The van der Waals surface area contributed by atoms with E-state index in [4.69, 9.17) is 16.3 Å². The molecule has 0 aliphatic carbocycles. The minimum Gasteiger partial charge on any atom is -0.368 e. The van der Waals surface area contributed by atoms with Gasteiger partial charge in [-0.15, -0.1) is 0 Å². The lowest BCUT2D eigenvalue weighted by Crippen LogP contribution is -2.41. The highest BCUT2D eigenvalue weighted by atomic mass is 35.5. The highest BCUT2D eigenvalue weighted by Gasteiger charge is 2.32. The molecule has 1 unspecified atom stereocenters. The van der Waals surface area contributed by atoms with E-state index in [2.05, 4.69) is 10.2 Å². The maximum absolute atomic E-state index is 12.6. The first-order valence-corrected chi connectivity index (χ1v) is 8.32. The van der Waals surface area contributed by atoms with Crippen molar-refractivity contribution in [3.05, 3.63) is 40.5 Å². The second-order valence-electron chi connectivity index (χ2n) is 6.05. The maximum atomic E-state index is 12.6. The predicted molar refractivity (Wildman–Crippen MR) is 87.1 cm³/mol. The molecule has 1 aromatic heterocycles. The molecule has 1 aromatic carbocycles. The molecule has 120 valence electrons. The Bertz CT molecular complexity index is 737. The van der Waals surface area contributed by atoms with Crippen LogP contribution in [0.15, 0.2) is 24.3 Å². The second kappa shape index (κ2) is 5.98. The average Bonchev–Trinajstić information content (AvgIpc) is 3.23. The van der Waals surface area contributed by atoms with E-state index in [-0.39, 0.29) is 12.0 Å². The van der Waals surface area contributed by atoms with E-state index in [1.807, 2.05) is 29.2 Å². The first-order chi connectivity index (χ1) is 11.2. The van der Waals surface area contributed by atoms with Crippen molar-refractivity contribution in [2.75, 3.05) is 13.2 Å². The fourth-order valence-electron chi connectivity index (χ4n) is 3.33. The molecule has 3 heterocycles. The van der Waals surface area contributed by atoms with Gasteiger partial charge in [0.1, 0.15) is 6.10 Å². The van der Waals surface area contributed by atoms with Crippen LogP contribution in [0.1, 0.15) is 24.1 Å². The molecule has 6 heteroatoms. The number of aromatic amines is 1. The van der Waals surface area contributed by atoms with Crippen LogP contribution in [0.5, 0.6) is 0 Å². The summed E-state index contributed by atoms with van der Waals surface area (Å²) >= 11 is 6.09. The zero-order chi connectivity index (χ0) is 15.8. The van der Waals surface area contributed by atoms with Crippen LogP contribution in [0.3, 0.4) is 0 Å². The lowest BCUT2D eigenvalue weighted by molar-refractivity contribution is -0.141. The first-order valence-electron chi connectivity index (χ1n) is 7.95. The third kappa shape index (κ3) is 2.75. The molecule has 5 nitrogen and oxygen atoms in total. The minimum absolute atomic E-state index is 0.103. The molecule has 2 aromatic rings. The van der Waals surface area contributed by atoms with Crippen molar-refractivity contribution in [2.24, 2.45) is 0 Å². The number of hydrogen-bond donors (Lipinski definition) is 1. The molecule has 1 fully saturated rings.